The van der Waals surface area contributed by atoms with Gasteiger partial charge in [0.15, 0.2) is 0 Å². The standard InChI is InChI=1S/H7N2O4P3S2/c3-10(4,7)1-9-2-11(5,6)8/h1-2,9H,7-8H2. The summed E-state index contributed by atoms with van der Waals surface area (Å²) in [5.41, 5.74) is 0. The third-order valence-corrected chi connectivity index (χ3v) is 5.60. The molecule has 0 saturated heterocycles. The highest BCUT2D eigenvalue weighted by Gasteiger charge is 2.02. The van der Waals surface area contributed by atoms with Gasteiger partial charge in [0, 0.05) is 25.8 Å². The average molecular weight is 256 g/mol. The molecule has 0 aromatic heterocycles. The number of hydrogen-bond donors (Lipinski definition) is 2. The van der Waals surface area contributed by atoms with Crippen molar-refractivity contribution in [3.05, 3.63) is 0 Å². The van der Waals surface area contributed by atoms with Crippen molar-refractivity contribution in [3.63, 3.8) is 0 Å². The van der Waals surface area contributed by atoms with E-state index in [-0.39, 0.29) is 0 Å². The smallest absolute Gasteiger partial charge is 0.208 e. The minimum absolute atomic E-state index is 0.583. The number of rotatable bonds is 4. The second-order valence-corrected chi connectivity index (χ2v) is 9.21. The van der Waals surface area contributed by atoms with Gasteiger partial charge < -0.3 is 0 Å². The van der Waals surface area contributed by atoms with E-state index in [1.54, 1.807) is 0 Å². The second-order valence-electron chi connectivity index (χ2n) is 1.42. The molecule has 2 N–H and O–H groups in total. The molecule has 11 heteroatoms. The van der Waals surface area contributed by atoms with Crippen LogP contribution in [-0.4, -0.2) is 16.8 Å². The van der Waals surface area contributed by atoms with Crippen molar-refractivity contribution >= 4 is 45.1 Å². The first-order chi connectivity index (χ1) is 4.71. The molecule has 0 aliphatic heterocycles. The molecule has 6 nitrogen and oxygen atoms in total. The predicted octanol–water partition coefficient (Wildman–Crippen LogP) is -1.09. The van der Waals surface area contributed by atoms with Crippen molar-refractivity contribution in [1.29, 1.82) is 0 Å². The molecule has 0 aliphatic carbocycles. The van der Waals surface area contributed by atoms with E-state index >= 15 is 0 Å². The lowest BCUT2D eigenvalue weighted by Gasteiger charge is -2.00. The minimum Gasteiger partial charge on any atom is -0.208 e. The average Bonchev–Trinajstić information content (AvgIpc) is 1.55. The van der Waals surface area contributed by atoms with Gasteiger partial charge in [-0.3, -0.25) is 0 Å². The molecule has 0 rings (SSSR count). The van der Waals surface area contributed by atoms with Crippen LogP contribution < -0.4 is 8.99 Å². The SMILES string of the molecule is O=S(=O)(P)NPNS(=O)(=O)P. The molecule has 0 heterocycles. The first kappa shape index (κ1) is 12.1. The molecule has 0 fully saturated rings. The summed E-state index contributed by atoms with van der Waals surface area (Å²) >= 11 is 0. The Labute approximate surface area is 71.2 Å². The monoisotopic (exact) mass is 256 g/mol. The molecular weight excluding hydrogens is 249 g/mol. The lowest BCUT2D eigenvalue weighted by molar-refractivity contribution is 0.608. The molecule has 0 bridgehead atoms. The third kappa shape index (κ3) is 11.1. The molecule has 0 amide bonds. The normalized spacial score (nSPS) is 13.3. The highest BCUT2D eigenvalue weighted by Crippen LogP contribution is 2.09. The highest BCUT2D eigenvalue weighted by atomic mass is 32.7. The minimum atomic E-state index is -3.40. The molecule has 0 spiro atoms. The third-order valence-electron chi connectivity index (χ3n) is 0.387. The van der Waals surface area contributed by atoms with Gasteiger partial charge in [-0.1, -0.05) is 0 Å². The lowest BCUT2D eigenvalue weighted by atomic mass is 13.8. The summed E-state index contributed by atoms with van der Waals surface area (Å²) in [7, 11) is -4.32. The van der Waals surface area contributed by atoms with Gasteiger partial charge in [0.05, 0.1) is 0 Å². The van der Waals surface area contributed by atoms with Gasteiger partial charge in [0.25, 0.3) is 0 Å². The molecule has 2 unspecified atom stereocenters. The fourth-order valence-corrected chi connectivity index (χ4v) is 2.90. The van der Waals surface area contributed by atoms with E-state index in [0.717, 1.165) is 0 Å². The molecule has 68 valence electrons. The Balaban J connectivity index is 3.79. The Kier molecular flexibility index (Phi) is 4.82. The fourth-order valence-electron chi connectivity index (χ4n) is 0.163. The first-order valence-corrected chi connectivity index (χ1v) is 8.97. The van der Waals surface area contributed by atoms with Crippen LogP contribution in [0.3, 0.4) is 0 Å². The molecular formula is H7N2O4P3S2. The molecule has 0 saturated carbocycles. The Morgan fingerprint density at radius 2 is 1.18 bits per heavy atom. The van der Waals surface area contributed by atoms with Crippen LogP contribution in [0.15, 0.2) is 0 Å². The van der Waals surface area contributed by atoms with Crippen molar-refractivity contribution in [1.82, 2.24) is 8.99 Å². The molecule has 0 radical (unpaired) electrons. The van der Waals surface area contributed by atoms with E-state index in [1.165, 1.54) is 16.9 Å². The molecule has 0 aromatic rings. The Morgan fingerprint density at radius 3 is 1.36 bits per heavy atom. The fraction of sp³-hybridized carbons (Fsp3) is 0. The number of nitrogens with one attached hydrogen (secondary N) is 2. The van der Waals surface area contributed by atoms with Gasteiger partial charge in [-0.2, -0.15) is 8.99 Å². The first-order valence-electron chi connectivity index (χ1n) is 2.05. The van der Waals surface area contributed by atoms with E-state index < -0.39 is 28.2 Å². The van der Waals surface area contributed by atoms with Crippen LogP contribution in [0.1, 0.15) is 0 Å². The molecule has 11 heavy (non-hydrogen) atoms. The van der Waals surface area contributed by atoms with E-state index in [9.17, 15) is 16.8 Å². The van der Waals surface area contributed by atoms with Crippen molar-refractivity contribution in [2.75, 3.05) is 0 Å². The van der Waals surface area contributed by atoms with Gasteiger partial charge in [0.1, 0.15) is 0 Å². The Hall–Kier alpha value is 1.11. The molecule has 0 aliphatic rings. The van der Waals surface area contributed by atoms with Crippen molar-refractivity contribution in [2.45, 2.75) is 0 Å². The zero-order chi connectivity index (χ0) is 9.12. The topological polar surface area (TPSA) is 92.3 Å². The maximum atomic E-state index is 10.3. The summed E-state index contributed by atoms with van der Waals surface area (Å²) < 4.78 is 45.2. The molecule has 2 atom stereocenters. The van der Waals surface area contributed by atoms with E-state index in [2.05, 4.69) is 0 Å². The summed E-state index contributed by atoms with van der Waals surface area (Å²) in [6.07, 6.45) is 0. The van der Waals surface area contributed by atoms with Crippen molar-refractivity contribution in [2.24, 2.45) is 0 Å². The van der Waals surface area contributed by atoms with Crippen LogP contribution in [0.2, 0.25) is 0 Å². The van der Waals surface area contributed by atoms with E-state index in [0.29, 0.717) is 0 Å². The van der Waals surface area contributed by atoms with Gasteiger partial charge in [-0.05, 0) is 0 Å². The summed E-state index contributed by atoms with van der Waals surface area (Å²) in [5.74, 6) is 0. The van der Waals surface area contributed by atoms with Crippen LogP contribution >= 0.6 is 25.8 Å². The van der Waals surface area contributed by atoms with Crippen LogP contribution in [0.5, 0.6) is 0 Å². The maximum Gasteiger partial charge on any atom is 0.226 e. The Morgan fingerprint density at radius 1 is 0.909 bits per heavy atom. The molecule has 0 aromatic carbocycles. The summed E-state index contributed by atoms with van der Waals surface area (Å²) in [5, 5.41) is 0. The van der Waals surface area contributed by atoms with Crippen LogP contribution in [0.4, 0.5) is 0 Å². The largest absolute Gasteiger partial charge is 0.226 e. The summed E-state index contributed by atoms with van der Waals surface area (Å²) in [4.78, 5) is 0. The van der Waals surface area contributed by atoms with Gasteiger partial charge in [-0.25, -0.2) is 16.8 Å². The van der Waals surface area contributed by atoms with Crippen LogP contribution in [0.25, 0.3) is 0 Å². The van der Waals surface area contributed by atoms with Gasteiger partial charge in [-0.15, -0.1) is 0 Å². The lowest BCUT2D eigenvalue weighted by Crippen LogP contribution is -2.16. The second kappa shape index (κ2) is 4.38. The van der Waals surface area contributed by atoms with Crippen molar-refractivity contribution < 1.29 is 16.8 Å². The highest BCUT2D eigenvalue weighted by molar-refractivity contribution is 8.39. The maximum absolute atomic E-state index is 10.3. The van der Waals surface area contributed by atoms with Crippen LogP contribution in [-0.2, 0) is 19.3 Å². The predicted molar refractivity (Wildman–Crippen MR) is 51.8 cm³/mol. The van der Waals surface area contributed by atoms with Gasteiger partial charge >= 0.3 is 0 Å². The Bertz CT molecular complexity index is 270. The summed E-state index contributed by atoms with van der Waals surface area (Å²) in [6, 6.07) is 0. The van der Waals surface area contributed by atoms with Crippen molar-refractivity contribution in [3.8, 4) is 0 Å². The number of hydrogen-bond acceptors (Lipinski definition) is 4. The summed E-state index contributed by atoms with van der Waals surface area (Å²) in [6.45, 7) is 0. The zero-order valence-electron chi connectivity index (χ0n) is 5.10. The van der Waals surface area contributed by atoms with Gasteiger partial charge in [0.2, 0.25) is 19.3 Å². The van der Waals surface area contributed by atoms with E-state index in [4.69, 9.17) is 0 Å². The van der Waals surface area contributed by atoms with E-state index in [1.807, 2.05) is 8.99 Å². The quantitative estimate of drug-likeness (QED) is 0.625. The zero-order valence-corrected chi connectivity index (χ0v) is 10.0. The van der Waals surface area contributed by atoms with Crippen LogP contribution in [0, 0.1) is 0 Å².